The number of hydrogen-bond acceptors (Lipinski definition) is 4. The van der Waals surface area contributed by atoms with Crippen LogP contribution in [-0.4, -0.2) is 37.8 Å². The fourth-order valence-electron chi connectivity index (χ4n) is 3.11. The van der Waals surface area contributed by atoms with Crippen molar-refractivity contribution in [3.05, 3.63) is 45.7 Å². The molecule has 0 saturated heterocycles. The average Bonchev–Trinajstić information content (AvgIpc) is 2.98. The van der Waals surface area contributed by atoms with Gasteiger partial charge in [-0.05, 0) is 32.0 Å². The molecule has 0 saturated carbocycles. The van der Waals surface area contributed by atoms with E-state index >= 15 is 0 Å². The number of carboxylic acids is 1. The molecule has 0 aliphatic rings. The number of aromatic hydroxyl groups is 1. The number of nitrogens with one attached hydrogen (secondary N) is 1. The van der Waals surface area contributed by atoms with Crippen molar-refractivity contribution >= 4 is 28.3 Å². The third-order valence-corrected chi connectivity index (χ3v) is 4.34. The first-order valence-corrected chi connectivity index (χ1v) is 8.43. The Hall–Kier alpha value is -3.50. The number of carbonyl (C=O) groups is 2. The largest absolute Gasteiger partial charge is 0.505 e. The SMILES string of the molecule is CC(C)n1c(=O)c(C(=O)NCC(=O)O)c(O)c2cc3ccc(C(F)(F)F)cc3n21. The quantitative estimate of drug-likeness (QED) is 0.610. The van der Waals surface area contributed by atoms with E-state index in [1.807, 2.05) is 5.32 Å². The molecule has 0 atom stereocenters. The predicted molar refractivity (Wildman–Crippen MR) is 96.2 cm³/mol. The number of nitrogens with zero attached hydrogens (tertiary/aromatic N) is 2. The minimum atomic E-state index is -4.61. The second-order valence-corrected chi connectivity index (χ2v) is 6.66. The zero-order valence-electron chi connectivity index (χ0n) is 15.2. The summed E-state index contributed by atoms with van der Waals surface area (Å²) in [5, 5.41) is 21.5. The number of rotatable bonds is 4. The zero-order valence-corrected chi connectivity index (χ0v) is 15.2. The fourth-order valence-corrected chi connectivity index (χ4v) is 3.11. The molecule has 3 rings (SSSR count). The topological polar surface area (TPSA) is 113 Å². The Morgan fingerprint density at radius 2 is 1.83 bits per heavy atom. The van der Waals surface area contributed by atoms with E-state index in [4.69, 9.17) is 5.11 Å². The molecule has 2 aromatic heterocycles. The molecule has 0 unspecified atom stereocenters. The molecule has 0 aliphatic carbocycles. The number of aliphatic carboxylic acids is 1. The van der Waals surface area contributed by atoms with Crippen LogP contribution in [0.2, 0.25) is 0 Å². The lowest BCUT2D eigenvalue weighted by molar-refractivity contribution is -0.137. The van der Waals surface area contributed by atoms with Crippen LogP contribution in [0.1, 0.15) is 35.8 Å². The molecule has 8 nitrogen and oxygen atoms in total. The summed E-state index contributed by atoms with van der Waals surface area (Å²) in [6.07, 6.45) is -4.61. The van der Waals surface area contributed by atoms with E-state index < -0.39 is 53.1 Å². The van der Waals surface area contributed by atoms with Crippen LogP contribution in [-0.2, 0) is 11.0 Å². The third-order valence-electron chi connectivity index (χ3n) is 4.34. The van der Waals surface area contributed by atoms with Crippen molar-refractivity contribution in [2.75, 3.05) is 6.54 Å². The van der Waals surface area contributed by atoms with E-state index in [2.05, 4.69) is 0 Å². The Balaban J connectivity index is 2.39. The highest BCUT2D eigenvalue weighted by molar-refractivity contribution is 6.01. The van der Waals surface area contributed by atoms with E-state index in [-0.39, 0.29) is 11.0 Å². The van der Waals surface area contributed by atoms with Crippen LogP contribution in [0, 0.1) is 0 Å². The van der Waals surface area contributed by atoms with Crippen LogP contribution in [0.25, 0.3) is 16.4 Å². The summed E-state index contributed by atoms with van der Waals surface area (Å²) >= 11 is 0. The van der Waals surface area contributed by atoms with Crippen molar-refractivity contribution in [2.24, 2.45) is 0 Å². The molecule has 0 bridgehead atoms. The lowest BCUT2D eigenvalue weighted by Gasteiger charge is -2.18. The average molecular weight is 411 g/mol. The molecule has 0 aliphatic heterocycles. The van der Waals surface area contributed by atoms with Gasteiger partial charge >= 0.3 is 12.1 Å². The maximum absolute atomic E-state index is 13.1. The Labute approximate surface area is 160 Å². The first kappa shape index (κ1) is 20.2. The van der Waals surface area contributed by atoms with Crippen LogP contribution in [0.3, 0.4) is 0 Å². The molecule has 3 N–H and O–H groups in total. The van der Waals surface area contributed by atoms with Crippen LogP contribution in [0.4, 0.5) is 13.2 Å². The van der Waals surface area contributed by atoms with Crippen molar-refractivity contribution < 1.29 is 33.0 Å². The van der Waals surface area contributed by atoms with Gasteiger partial charge in [-0.25, -0.2) is 9.20 Å². The molecule has 3 aromatic rings. The Kier molecular flexibility index (Phi) is 4.77. The van der Waals surface area contributed by atoms with Gasteiger partial charge in [0.25, 0.3) is 11.5 Å². The number of alkyl halides is 3. The van der Waals surface area contributed by atoms with Gasteiger partial charge < -0.3 is 15.5 Å². The first-order valence-electron chi connectivity index (χ1n) is 8.43. The van der Waals surface area contributed by atoms with Gasteiger partial charge in [0.15, 0.2) is 5.75 Å². The summed E-state index contributed by atoms with van der Waals surface area (Å²) in [4.78, 5) is 35.9. The summed E-state index contributed by atoms with van der Waals surface area (Å²) in [7, 11) is 0. The number of hydrogen-bond donors (Lipinski definition) is 3. The Morgan fingerprint density at radius 1 is 1.17 bits per heavy atom. The smallest absolute Gasteiger partial charge is 0.416 e. The van der Waals surface area contributed by atoms with Crippen LogP contribution in [0.5, 0.6) is 5.75 Å². The molecule has 0 radical (unpaired) electrons. The number of carbonyl (C=O) groups excluding carboxylic acids is 1. The van der Waals surface area contributed by atoms with Gasteiger partial charge in [0, 0.05) is 11.4 Å². The van der Waals surface area contributed by atoms with E-state index in [9.17, 15) is 32.7 Å². The zero-order chi connectivity index (χ0) is 21.7. The fraction of sp³-hybridized carbons (Fsp3) is 0.278. The van der Waals surface area contributed by atoms with Gasteiger partial charge in [0.1, 0.15) is 17.6 Å². The number of carboxylic acid groups (broad SMARTS) is 1. The summed E-state index contributed by atoms with van der Waals surface area (Å²) in [5.41, 5.74) is -2.63. The lowest BCUT2D eigenvalue weighted by atomic mass is 10.1. The highest BCUT2D eigenvalue weighted by Crippen LogP contribution is 2.34. The van der Waals surface area contributed by atoms with E-state index in [1.54, 1.807) is 13.8 Å². The Bertz CT molecular complexity index is 1210. The minimum Gasteiger partial charge on any atom is -0.505 e. The number of halogens is 3. The second-order valence-electron chi connectivity index (χ2n) is 6.66. The van der Waals surface area contributed by atoms with Crippen molar-refractivity contribution in [2.45, 2.75) is 26.1 Å². The van der Waals surface area contributed by atoms with Crippen LogP contribution >= 0.6 is 0 Å². The van der Waals surface area contributed by atoms with Crippen molar-refractivity contribution in [3.8, 4) is 5.75 Å². The number of fused-ring (bicyclic) bond motifs is 3. The van der Waals surface area contributed by atoms with Crippen molar-refractivity contribution in [1.82, 2.24) is 14.5 Å². The number of aromatic nitrogens is 2. The standard InChI is InChI=1S/C18H16F3N3O5/c1-8(2)23-17(29)14(16(28)22-7-13(25)26)15(27)12-5-9-3-4-10(18(19,20)21)6-11(9)24(12)23/h3-6,8,27H,7H2,1-2H3,(H,22,28)(H,25,26). The summed E-state index contributed by atoms with van der Waals surface area (Å²) < 4.78 is 41.6. The molecular weight excluding hydrogens is 395 g/mol. The van der Waals surface area contributed by atoms with Crippen LogP contribution < -0.4 is 10.9 Å². The van der Waals surface area contributed by atoms with Gasteiger partial charge in [0.2, 0.25) is 0 Å². The summed E-state index contributed by atoms with van der Waals surface area (Å²) in [6, 6.07) is 3.67. The van der Waals surface area contributed by atoms with Gasteiger partial charge in [-0.15, -0.1) is 0 Å². The maximum atomic E-state index is 13.1. The number of amides is 1. The molecule has 154 valence electrons. The monoisotopic (exact) mass is 411 g/mol. The third kappa shape index (κ3) is 3.39. The van der Waals surface area contributed by atoms with Gasteiger partial charge in [-0.3, -0.25) is 14.4 Å². The first-order chi connectivity index (χ1) is 13.4. The number of benzene rings is 1. The van der Waals surface area contributed by atoms with E-state index in [0.29, 0.717) is 5.39 Å². The van der Waals surface area contributed by atoms with Crippen molar-refractivity contribution in [3.63, 3.8) is 0 Å². The van der Waals surface area contributed by atoms with E-state index in [0.717, 1.165) is 21.3 Å². The predicted octanol–water partition coefficient (Wildman–Crippen LogP) is 2.37. The van der Waals surface area contributed by atoms with Crippen LogP contribution in [0.15, 0.2) is 29.1 Å². The van der Waals surface area contributed by atoms with Gasteiger partial charge in [0.05, 0.1) is 11.1 Å². The normalized spacial score (nSPS) is 12.1. The maximum Gasteiger partial charge on any atom is 0.416 e. The van der Waals surface area contributed by atoms with Crippen molar-refractivity contribution in [1.29, 1.82) is 0 Å². The minimum absolute atomic E-state index is 0.0217. The highest BCUT2D eigenvalue weighted by atomic mass is 19.4. The molecule has 2 heterocycles. The van der Waals surface area contributed by atoms with E-state index in [1.165, 1.54) is 12.1 Å². The molecular formula is C18H16F3N3O5. The lowest BCUT2D eigenvalue weighted by Crippen LogP contribution is -2.38. The highest BCUT2D eigenvalue weighted by Gasteiger charge is 2.32. The Morgan fingerprint density at radius 3 is 2.38 bits per heavy atom. The van der Waals surface area contributed by atoms with Gasteiger partial charge in [-0.1, -0.05) is 6.07 Å². The molecule has 29 heavy (non-hydrogen) atoms. The summed E-state index contributed by atoms with van der Waals surface area (Å²) in [6.45, 7) is 2.38. The van der Waals surface area contributed by atoms with Gasteiger partial charge in [-0.2, -0.15) is 13.2 Å². The molecule has 0 spiro atoms. The molecule has 11 heteroatoms. The second kappa shape index (κ2) is 6.83. The molecule has 0 fully saturated rings. The molecule has 1 amide bonds. The summed E-state index contributed by atoms with van der Waals surface area (Å²) in [5.74, 6) is -3.20. The molecule has 1 aromatic carbocycles.